The SMILES string of the molecule is C=CCC(N)c1ccc(C#N)c(F)c1. The number of hydrogen-bond acceptors (Lipinski definition) is 2. The summed E-state index contributed by atoms with van der Waals surface area (Å²) in [5, 5.41) is 8.51. The van der Waals surface area contributed by atoms with E-state index in [0.29, 0.717) is 12.0 Å². The van der Waals surface area contributed by atoms with Gasteiger partial charge in [0.2, 0.25) is 0 Å². The molecule has 1 rings (SSSR count). The zero-order valence-corrected chi connectivity index (χ0v) is 7.70. The van der Waals surface area contributed by atoms with Gasteiger partial charge in [-0.05, 0) is 24.1 Å². The van der Waals surface area contributed by atoms with E-state index >= 15 is 0 Å². The second kappa shape index (κ2) is 4.54. The topological polar surface area (TPSA) is 49.8 Å². The van der Waals surface area contributed by atoms with E-state index in [-0.39, 0.29) is 11.6 Å². The average Bonchev–Trinajstić information content (AvgIpc) is 2.18. The third-order valence-corrected chi connectivity index (χ3v) is 1.96. The zero-order chi connectivity index (χ0) is 10.6. The number of nitrogens with two attached hydrogens (primary N) is 1. The zero-order valence-electron chi connectivity index (χ0n) is 7.70. The second-order valence-electron chi connectivity index (χ2n) is 2.98. The summed E-state index contributed by atoms with van der Waals surface area (Å²) >= 11 is 0. The highest BCUT2D eigenvalue weighted by atomic mass is 19.1. The molecular formula is C11H11FN2. The van der Waals surface area contributed by atoms with Gasteiger partial charge in [0.15, 0.2) is 0 Å². The molecule has 1 aromatic carbocycles. The van der Waals surface area contributed by atoms with Crippen molar-refractivity contribution in [2.24, 2.45) is 5.73 Å². The summed E-state index contributed by atoms with van der Waals surface area (Å²) in [5.41, 5.74) is 6.47. The van der Waals surface area contributed by atoms with Crippen molar-refractivity contribution < 1.29 is 4.39 Å². The van der Waals surface area contributed by atoms with Crippen LogP contribution in [0.3, 0.4) is 0 Å². The van der Waals surface area contributed by atoms with Crippen molar-refractivity contribution >= 4 is 0 Å². The maximum absolute atomic E-state index is 13.1. The standard InChI is InChI=1S/C11H11FN2/c1-2-3-11(14)8-4-5-9(7-13)10(12)6-8/h2,4-6,11H,1,3,14H2. The molecule has 1 atom stereocenters. The minimum atomic E-state index is -0.524. The van der Waals surface area contributed by atoms with Crippen molar-refractivity contribution in [2.45, 2.75) is 12.5 Å². The Hall–Kier alpha value is -1.66. The summed E-state index contributed by atoms with van der Waals surface area (Å²) in [6.45, 7) is 3.56. The molecule has 0 radical (unpaired) electrons. The molecule has 3 heteroatoms. The van der Waals surface area contributed by atoms with Gasteiger partial charge in [0.05, 0.1) is 5.56 Å². The molecule has 0 spiro atoms. The third kappa shape index (κ3) is 2.18. The van der Waals surface area contributed by atoms with Crippen molar-refractivity contribution in [3.63, 3.8) is 0 Å². The molecule has 1 aromatic rings. The van der Waals surface area contributed by atoms with E-state index in [0.717, 1.165) is 0 Å². The lowest BCUT2D eigenvalue weighted by atomic mass is 10.0. The number of rotatable bonds is 3. The van der Waals surface area contributed by atoms with Crippen molar-refractivity contribution in [3.8, 4) is 6.07 Å². The van der Waals surface area contributed by atoms with Gasteiger partial charge in [0.25, 0.3) is 0 Å². The molecular weight excluding hydrogens is 179 g/mol. The summed E-state index contributed by atoms with van der Waals surface area (Å²) in [7, 11) is 0. The van der Waals surface area contributed by atoms with Crippen LogP contribution in [-0.4, -0.2) is 0 Å². The van der Waals surface area contributed by atoms with Crippen LogP contribution < -0.4 is 5.73 Å². The Morgan fingerprint density at radius 3 is 2.86 bits per heavy atom. The molecule has 14 heavy (non-hydrogen) atoms. The maximum atomic E-state index is 13.1. The van der Waals surface area contributed by atoms with Crippen molar-refractivity contribution in [1.82, 2.24) is 0 Å². The van der Waals surface area contributed by atoms with E-state index in [4.69, 9.17) is 11.0 Å². The Kier molecular flexibility index (Phi) is 3.38. The van der Waals surface area contributed by atoms with E-state index in [2.05, 4.69) is 6.58 Å². The van der Waals surface area contributed by atoms with Crippen LogP contribution in [0.1, 0.15) is 23.6 Å². The number of nitriles is 1. The second-order valence-corrected chi connectivity index (χ2v) is 2.98. The summed E-state index contributed by atoms with van der Waals surface area (Å²) in [5.74, 6) is -0.524. The highest BCUT2D eigenvalue weighted by Gasteiger charge is 2.07. The van der Waals surface area contributed by atoms with Gasteiger partial charge in [-0.1, -0.05) is 12.1 Å². The Morgan fingerprint density at radius 2 is 2.36 bits per heavy atom. The van der Waals surface area contributed by atoms with E-state index in [1.165, 1.54) is 12.1 Å². The Bertz CT molecular complexity index is 379. The number of nitrogens with zero attached hydrogens (tertiary/aromatic N) is 1. The molecule has 1 unspecified atom stereocenters. The lowest BCUT2D eigenvalue weighted by molar-refractivity contribution is 0.616. The molecule has 0 bridgehead atoms. The molecule has 0 saturated heterocycles. The summed E-state index contributed by atoms with van der Waals surface area (Å²) in [4.78, 5) is 0. The first kappa shape index (κ1) is 10.4. The number of halogens is 1. The molecule has 2 nitrogen and oxygen atoms in total. The first-order valence-corrected chi connectivity index (χ1v) is 4.25. The molecule has 0 amide bonds. The fourth-order valence-electron chi connectivity index (χ4n) is 1.17. The molecule has 0 fully saturated rings. The monoisotopic (exact) mass is 190 g/mol. The lowest BCUT2D eigenvalue weighted by Gasteiger charge is -2.09. The van der Waals surface area contributed by atoms with Crippen LogP contribution in [0.25, 0.3) is 0 Å². The minimum Gasteiger partial charge on any atom is -0.324 e. The van der Waals surface area contributed by atoms with Gasteiger partial charge in [0, 0.05) is 6.04 Å². The molecule has 0 aliphatic heterocycles. The fourth-order valence-corrected chi connectivity index (χ4v) is 1.17. The van der Waals surface area contributed by atoms with Crippen LogP contribution in [0.4, 0.5) is 4.39 Å². The summed E-state index contributed by atoms with van der Waals surface area (Å²) in [6.07, 6.45) is 2.27. The van der Waals surface area contributed by atoms with E-state index in [1.54, 1.807) is 18.2 Å². The number of benzene rings is 1. The molecule has 0 aliphatic carbocycles. The van der Waals surface area contributed by atoms with Crippen molar-refractivity contribution in [3.05, 3.63) is 47.8 Å². The largest absolute Gasteiger partial charge is 0.324 e. The Morgan fingerprint density at radius 1 is 1.64 bits per heavy atom. The van der Waals surface area contributed by atoms with E-state index in [1.807, 2.05) is 0 Å². The predicted molar refractivity (Wildman–Crippen MR) is 52.9 cm³/mol. The van der Waals surface area contributed by atoms with Crippen LogP contribution in [0.15, 0.2) is 30.9 Å². The average molecular weight is 190 g/mol. The van der Waals surface area contributed by atoms with Crippen LogP contribution in [0, 0.1) is 17.1 Å². The van der Waals surface area contributed by atoms with Gasteiger partial charge in [-0.3, -0.25) is 0 Å². The maximum Gasteiger partial charge on any atom is 0.141 e. The van der Waals surface area contributed by atoms with Gasteiger partial charge >= 0.3 is 0 Å². The van der Waals surface area contributed by atoms with Crippen molar-refractivity contribution in [1.29, 1.82) is 5.26 Å². The highest BCUT2D eigenvalue weighted by molar-refractivity contribution is 5.34. The summed E-state index contributed by atoms with van der Waals surface area (Å²) < 4.78 is 13.1. The van der Waals surface area contributed by atoms with Crippen LogP contribution in [0.5, 0.6) is 0 Å². The first-order chi connectivity index (χ1) is 6.69. The molecule has 0 saturated carbocycles. The van der Waals surface area contributed by atoms with Crippen molar-refractivity contribution in [2.75, 3.05) is 0 Å². The Labute approximate surface area is 82.5 Å². The minimum absolute atomic E-state index is 0.0413. The Balaban J connectivity index is 2.97. The van der Waals surface area contributed by atoms with Crippen LogP contribution in [-0.2, 0) is 0 Å². The lowest BCUT2D eigenvalue weighted by Crippen LogP contribution is -2.09. The molecule has 72 valence electrons. The smallest absolute Gasteiger partial charge is 0.141 e. The van der Waals surface area contributed by atoms with Gasteiger partial charge in [-0.15, -0.1) is 6.58 Å². The van der Waals surface area contributed by atoms with Gasteiger partial charge < -0.3 is 5.73 Å². The molecule has 0 aromatic heterocycles. The highest BCUT2D eigenvalue weighted by Crippen LogP contribution is 2.17. The number of hydrogen-bond donors (Lipinski definition) is 1. The molecule has 0 aliphatic rings. The third-order valence-electron chi connectivity index (χ3n) is 1.96. The quantitative estimate of drug-likeness (QED) is 0.743. The summed E-state index contributed by atoms with van der Waals surface area (Å²) in [6, 6.07) is 5.90. The van der Waals surface area contributed by atoms with E-state index in [9.17, 15) is 4.39 Å². The van der Waals surface area contributed by atoms with Crippen LogP contribution in [0.2, 0.25) is 0 Å². The van der Waals surface area contributed by atoms with Gasteiger partial charge in [-0.2, -0.15) is 5.26 Å². The van der Waals surface area contributed by atoms with Gasteiger partial charge in [0.1, 0.15) is 11.9 Å². The molecule has 0 heterocycles. The van der Waals surface area contributed by atoms with E-state index < -0.39 is 5.82 Å². The molecule has 2 N–H and O–H groups in total. The van der Waals surface area contributed by atoms with Crippen LogP contribution >= 0.6 is 0 Å². The first-order valence-electron chi connectivity index (χ1n) is 4.25. The normalized spacial score (nSPS) is 11.8. The fraction of sp³-hybridized carbons (Fsp3) is 0.182. The predicted octanol–water partition coefficient (Wildman–Crippen LogP) is 2.27. The van der Waals surface area contributed by atoms with Gasteiger partial charge in [-0.25, -0.2) is 4.39 Å².